The number of benzene rings is 2. The first-order valence-corrected chi connectivity index (χ1v) is 8.95. The van der Waals surface area contributed by atoms with Crippen LogP contribution in [0, 0.1) is 17.0 Å². The minimum atomic E-state index is -0.670. The molecule has 0 aromatic heterocycles. The van der Waals surface area contributed by atoms with Gasteiger partial charge in [-0.3, -0.25) is 4.99 Å². The Hall–Kier alpha value is -2.56. The molecule has 0 amide bonds. The lowest BCUT2D eigenvalue weighted by atomic mass is 9.72. The van der Waals surface area contributed by atoms with Gasteiger partial charge in [-0.15, -0.1) is 0 Å². The molecule has 1 heterocycles. The Morgan fingerprint density at radius 3 is 2.27 bits per heavy atom. The van der Waals surface area contributed by atoms with Gasteiger partial charge in [0.15, 0.2) is 5.66 Å². The van der Waals surface area contributed by atoms with Gasteiger partial charge in [0.05, 0.1) is 5.71 Å². The Labute approximate surface area is 150 Å². The molecular formula is C21H19F2N3. The zero-order valence-electron chi connectivity index (χ0n) is 14.5. The van der Waals surface area contributed by atoms with E-state index < -0.39 is 17.3 Å². The van der Waals surface area contributed by atoms with Crippen LogP contribution < -0.4 is 5.73 Å². The maximum Gasteiger partial charge on any atom is 0.184 e. The number of aliphatic imine (C=N–C) groups is 2. The van der Waals surface area contributed by atoms with E-state index in [-0.39, 0.29) is 5.41 Å². The largest absolute Gasteiger partial charge is 0.382 e. The van der Waals surface area contributed by atoms with Crippen molar-refractivity contribution >= 4 is 11.5 Å². The van der Waals surface area contributed by atoms with Crippen molar-refractivity contribution < 1.29 is 8.78 Å². The first-order valence-electron chi connectivity index (χ1n) is 8.95. The number of hydrogen-bond donors (Lipinski definition) is 1. The smallest absolute Gasteiger partial charge is 0.184 e. The summed E-state index contributed by atoms with van der Waals surface area (Å²) in [5.74, 6) is -0.669. The number of nitrogens with two attached hydrogens (primary N) is 1. The summed E-state index contributed by atoms with van der Waals surface area (Å²) in [6, 6.07) is 9.56. The van der Waals surface area contributed by atoms with Gasteiger partial charge >= 0.3 is 0 Å². The summed E-state index contributed by atoms with van der Waals surface area (Å²) in [5, 5.41) is 0. The van der Waals surface area contributed by atoms with Gasteiger partial charge in [0.25, 0.3) is 0 Å². The Bertz CT molecular complexity index is 964. The number of halogens is 2. The third-order valence-electron chi connectivity index (χ3n) is 6.13. The van der Waals surface area contributed by atoms with E-state index in [9.17, 15) is 8.78 Å². The summed E-state index contributed by atoms with van der Waals surface area (Å²) in [7, 11) is 0. The van der Waals surface area contributed by atoms with E-state index in [2.05, 4.69) is 0 Å². The lowest BCUT2D eigenvalue weighted by molar-refractivity contribution is 0.231. The Kier molecular flexibility index (Phi) is 3.01. The van der Waals surface area contributed by atoms with Crippen LogP contribution in [0.1, 0.15) is 37.3 Å². The second-order valence-corrected chi connectivity index (χ2v) is 7.68. The SMILES string of the molecule is CC1=NC2(N=C1N)c1cc(-c3cc(F)cc(F)c3)ccc1CCC21CC1. The molecule has 2 aromatic carbocycles. The third-order valence-corrected chi connectivity index (χ3v) is 6.13. The van der Waals surface area contributed by atoms with Gasteiger partial charge in [0.1, 0.15) is 17.5 Å². The summed E-state index contributed by atoms with van der Waals surface area (Å²) in [5.41, 5.74) is 9.75. The molecule has 3 aliphatic rings. The van der Waals surface area contributed by atoms with Crippen molar-refractivity contribution in [3.8, 4) is 11.1 Å². The minimum absolute atomic E-state index is 0.0359. The summed E-state index contributed by atoms with van der Waals surface area (Å²) in [6.45, 7) is 1.89. The lowest BCUT2D eigenvalue weighted by Gasteiger charge is -2.39. The monoisotopic (exact) mass is 351 g/mol. The fraction of sp³-hybridized carbons (Fsp3) is 0.333. The quantitative estimate of drug-likeness (QED) is 0.816. The van der Waals surface area contributed by atoms with Crippen molar-refractivity contribution in [2.45, 2.75) is 38.3 Å². The summed E-state index contributed by atoms with van der Waals surface area (Å²) in [6.07, 6.45) is 4.18. The van der Waals surface area contributed by atoms with Crippen LogP contribution in [0.25, 0.3) is 11.1 Å². The predicted octanol–water partition coefficient (Wildman–Crippen LogP) is 4.34. The van der Waals surface area contributed by atoms with E-state index in [0.29, 0.717) is 11.4 Å². The number of hydrogen-bond acceptors (Lipinski definition) is 3. The Morgan fingerprint density at radius 2 is 1.65 bits per heavy atom. The van der Waals surface area contributed by atoms with Crippen LogP contribution in [0.15, 0.2) is 46.4 Å². The summed E-state index contributed by atoms with van der Waals surface area (Å²) < 4.78 is 27.4. The standard InChI is InChI=1S/C21H19F2N3/c1-12-19(24)26-21(25-12)18-10-14(15-8-16(22)11-17(23)9-15)3-2-13(18)4-5-20(21)6-7-20/h2-3,8-11H,4-7H2,1H3,(H2,24,26). The molecule has 2 spiro atoms. The van der Waals surface area contributed by atoms with E-state index in [1.165, 1.54) is 17.7 Å². The summed E-state index contributed by atoms with van der Waals surface area (Å²) >= 11 is 0. The van der Waals surface area contributed by atoms with Crippen LogP contribution in [-0.4, -0.2) is 11.5 Å². The van der Waals surface area contributed by atoms with E-state index in [4.69, 9.17) is 15.7 Å². The van der Waals surface area contributed by atoms with Crippen LogP contribution in [-0.2, 0) is 12.1 Å². The van der Waals surface area contributed by atoms with Gasteiger partial charge in [0, 0.05) is 17.0 Å². The first-order chi connectivity index (χ1) is 12.4. The highest BCUT2D eigenvalue weighted by atomic mass is 19.1. The molecule has 3 nitrogen and oxygen atoms in total. The molecule has 0 bridgehead atoms. The van der Waals surface area contributed by atoms with Gasteiger partial charge in [-0.05, 0) is 67.5 Å². The molecule has 1 saturated carbocycles. The molecule has 2 N–H and O–H groups in total. The predicted molar refractivity (Wildman–Crippen MR) is 98.2 cm³/mol. The summed E-state index contributed by atoms with van der Waals surface area (Å²) in [4.78, 5) is 9.76. The van der Waals surface area contributed by atoms with Crippen molar-refractivity contribution in [2.75, 3.05) is 0 Å². The van der Waals surface area contributed by atoms with E-state index >= 15 is 0 Å². The molecule has 1 unspecified atom stereocenters. The molecule has 2 aromatic rings. The van der Waals surface area contributed by atoms with Crippen LogP contribution >= 0.6 is 0 Å². The number of amidine groups is 1. The van der Waals surface area contributed by atoms with E-state index in [1.807, 2.05) is 25.1 Å². The van der Waals surface area contributed by atoms with E-state index in [1.54, 1.807) is 0 Å². The maximum atomic E-state index is 13.7. The van der Waals surface area contributed by atoms with E-state index in [0.717, 1.165) is 48.6 Å². The van der Waals surface area contributed by atoms with Gasteiger partial charge in [-0.25, -0.2) is 13.8 Å². The van der Waals surface area contributed by atoms with Gasteiger partial charge in [-0.2, -0.15) is 0 Å². The normalized spacial score (nSPS) is 25.2. The van der Waals surface area contributed by atoms with Gasteiger partial charge in [0.2, 0.25) is 0 Å². The fourth-order valence-electron chi connectivity index (χ4n) is 4.54. The molecular weight excluding hydrogens is 332 g/mol. The number of nitrogens with zero attached hydrogens (tertiary/aromatic N) is 2. The van der Waals surface area contributed by atoms with Gasteiger partial charge in [-0.1, -0.05) is 12.1 Å². The lowest BCUT2D eigenvalue weighted by Crippen LogP contribution is -2.37. The zero-order chi connectivity index (χ0) is 18.1. The maximum absolute atomic E-state index is 13.7. The van der Waals surface area contributed by atoms with Crippen molar-refractivity contribution in [1.29, 1.82) is 0 Å². The van der Waals surface area contributed by atoms with Crippen LogP contribution in [0.2, 0.25) is 0 Å². The average molecular weight is 351 g/mol. The highest BCUT2D eigenvalue weighted by Crippen LogP contribution is 2.67. The second kappa shape index (κ2) is 5.00. The van der Waals surface area contributed by atoms with Crippen molar-refractivity contribution in [3.05, 3.63) is 59.2 Å². The van der Waals surface area contributed by atoms with Crippen LogP contribution in [0.3, 0.4) is 0 Å². The molecule has 26 heavy (non-hydrogen) atoms. The van der Waals surface area contributed by atoms with Crippen LogP contribution in [0.4, 0.5) is 8.78 Å². The topological polar surface area (TPSA) is 50.7 Å². The molecule has 5 heteroatoms. The fourth-order valence-corrected chi connectivity index (χ4v) is 4.54. The molecule has 1 aliphatic heterocycles. The highest BCUT2D eigenvalue weighted by molar-refractivity contribution is 6.41. The zero-order valence-corrected chi connectivity index (χ0v) is 14.5. The van der Waals surface area contributed by atoms with Crippen molar-refractivity contribution in [2.24, 2.45) is 21.1 Å². The molecule has 1 atom stereocenters. The average Bonchev–Trinajstić information content (AvgIpc) is 3.32. The molecule has 5 rings (SSSR count). The second-order valence-electron chi connectivity index (χ2n) is 7.68. The number of rotatable bonds is 1. The van der Waals surface area contributed by atoms with Gasteiger partial charge < -0.3 is 5.73 Å². The third kappa shape index (κ3) is 2.03. The molecule has 132 valence electrons. The Balaban J connectivity index is 1.72. The van der Waals surface area contributed by atoms with Crippen LogP contribution in [0.5, 0.6) is 0 Å². The molecule has 2 aliphatic carbocycles. The highest BCUT2D eigenvalue weighted by Gasteiger charge is 2.64. The van der Waals surface area contributed by atoms with Crippen molar-refractivity contribution in [3.63, 3.8) is 0 Å². The Morgan fingerprint density at radius 1 is 0.923 bits per heavy atom. The molecule has 0 radical (unpaired) electrons. The van der Waals surface area contributed by atoms with Crippen molar-refractivity contribution in [1.82, 2.24) is 0 Å². The molecule has 1 fully saturated rings. The minimum Gasteiger partial charge on any atom is -0.382 e. The number of aryl methyl sites for hydroxylation is 1. The first kappa shape index (κ1) is 15.7. The number of fused-ring (bicyclic) bond motifs is 3. The molecule has 0 saturated heterocycles.